The molecule has 3 amide bonds. The molecule has 1 rings (SSSR count). The minimum Gasteiger partial charge on any atom is -0.337 e. The highest BCUT2D eigenvalue weighted by Crippen LogP contribution is 2.11. The standard InChI is InChI=1S/C13H18BrN3O2/c1-10(18)17(8-6-15)13(19)16-7-5-11-3-2-4-12(14)9-11/h2-4,9H,5-8,15H2,1H3,(H,16,19). The van der Waals surface area contributed by atoms with Crippen molar-refractivity contribution >= 4 is 27.9 Å². The van der Waals surface area contributed by atoms with E-state index < -0.39 is 6.03 Å². The quantitative estimate of drug-likeness (QED) is 0.860. The van der Waals surface area contributed by atoms with E-state index in [1.807, 2.05) is 24.3 Å². The minimum atomic E-state index is -0.395. The van der Waals surface area contributed by atoms with Crippen LogP contribution in [0, 0.1) is 0 Å². The predicted molar refractivity (Wildman–Crippen MR) is 77.7 cm³/mol. The van der Waals surface area contributed by atoms with Crippen molar-refractivity contribution in [2.75, 3.05) is 19.6 Å². The molecular weight excluding hydrogens is 310 g/mol. The van der Waals surface area contributed by atoms with Gasteiger partial charge in [0.05, 0.1) is 0 Å². The molecule has 0 saturated heterocycles. The number of carbonyl (C=O) groups excluding carboxylic acids is 2. The van der Waals surface area contributed by atoms with Gasteiger partial charge in [-0.3, -0.25) is 9.69 Å². The second-order valence-corrected chi connectivity index (χ2v) is 4.99. The van der Waals surface area contributed by atoms with Gasteiger partial charge in [0.1, 0.15) is 0 Å². The summed E-state index contributed by atoms with van der Waals surface area (Å²) in [7, 11) is 0. The third-order valence-corrected chi connectivity index (χ3v) is 3.05. The Kier molecular flexibility index (Phi) is 6.52. The van der Waals surface area contributed by atoms with Crippen molar-refractivity contribution in [3.63, 3.8) is 0 Å². The van der Waals surface area contributed by atoms with E-state index in [0.29, 0.717) is 13.0 Å². The van der Waals surface area contributed by atoms with Crippen LogP contribution in [-0.2, 0) is 11.2 Å². The Labute approximate surface area is 121 Å². The highest BCUT2D eigenvalue weighted by Gasteiger charge is 2.15. The molecule has 5 nitrogen and oxygen atoms in total. The van der Waals surface area contributed by atoms with Gasteiger partial charge >= 0.3 is 6.03 Å². The number of nitrogens with zero attached hydrogens (tertiary/aromatic N) is 1. The molecule has 19 heavy (non-hydrogen) atoms. The lowest BCUT2D eigenvalue weighted by molar-refractivity contribution is -0.125. The summed E-state index contributed by atoms with van der Waals surface area (Å²) in [5, 5.41) is 2.71. The number of benzene rings is 1. The predicted octanol–water partition coefficient (Wildman–Crippen LogP) is 1.51. The maximum atomic E-state index is 11.8. The zero-order chi connectivity index (χ0) is 14.3. The molecular formula is C13H18BrN3O2. The van der Waals surface area contributed by atoms with Crippen LogP contribution in [0.5, 0.6) is 0 Å². The summed E-state index contributed by atoms with van der Waals surface area (Å²) in [6.07, 6.45) is 0.708. The van der Waals surface area contributed by atoms with Crippen molar-refractivity contribution in [3.05, 3.63) is 34.3 Å². The summed E-state index contributed by atoms with van der Waals surface area (Å²) in [5.41, 5.74) is 6.48. The van der Waals surface area contributed by atoms with Crippen molar-refractivity contribution in [3.8, 4) is 0 Å². The fourth-order valence-corrected chi connectivity index (χ4v) is 2.08. The number of nitrogens with one attached hydrogen (secondary N) is 1. The third kappa shape index (κ3) is 5.40. The fourth-order valence-electron chi connectivity index (χ4n) is 1.63. The first-order valence-electron chi connectivity index (χ1n) is 6.05. The summed E-state index contributed by atoms with van der Waals surface area (Å²) in [4.78, 5) is 24.1. The first-order chi connectivity index (χ1) is 9.04. The molecule has 0 aromatic heterocycles. The molecule has 1 aromatic carbocycles. The fraction of sp³-hybridized carbons (Fsp3) is 0.385. The van der Waals surface area contributed by atoms with Crippen LogP contribution >= 0.6 is 15.9 Å². The van der Waals surface area contributed by atoms with Crippen LogP contribution in [0.3, 0.4) is 0 Å². The first kappa shape index (κ1) is 15.7. The van der Waals surface area contributed by atoms with E-state index >= 15 is 0 Å². The first-order valence-corrected chi connectivity index (χ1v) is 6.84. The molecule has 3 N–H and O–H groups in total. The molecule has 0 aliphatic rings. The molecule has 0 fully saturated rings. The van der Waals surface area contributed by atoms with Gasteiger partial charge in [-0.1, -0.05) is 28.1 Å². The number of halogens is 1. The molecule has 6 heteroatoms. The van der Waals surface area contributed by atoms with Crippen LogP contribution in [0.2, 0.25) is 0 Å². The lowest BCUT2D eigenvalue weighted by Gasteiger charge is -2.18. The Morgan fingerprint density at radius 2 is 2.16 bits per heavy atom. The molecule has 0 aliphatic carbocycles. The number of hydrogen-bond acceptors (Lipinski definition) is 3. The number of carbonyl (C=O) groups is 2. The van der Waals surface area contributed by atoms with Crippen molar-refractivity contribution < 1.29 is 9.59 Å². The van der Waals surface area contributed by atoms with Crippen molar-refractivity contribution in [2.45, 2.75) is 13.3 Å². The van der Waals surface area contributed by atoms with E-state index in [4.69, 9.17) is 5.73 Å². The third-order valence-electron chi connectivity index (χ3n) is 2.56. The Hall–Kier alpha value is -1.40. The van der Waals surface area contributed by atoms with Crippen LogP contribution in [0.1, 0.15) is 12.5 Å². The Bertz CT molecular complexity index is 451. The summed E-state index contributed by atoms with van der Waals surface area (Å²) < 4.78 is 1.00. The summed E-state index contributed by atoms with van der Waals surface area (Å²) >= 11 is 3.39. The van der Waals surface area contributed by atoms with Gasteiger partial charge in [0, 0.05) is 31.0 Å². The lowest BCUT2D eigenvalue weighted by Crippen LogP contribution is -2.45. The molecule has 0 atom stereocenters. The van der Waals surface area contributed by atoms with Crippen LogP contribution in [0.25, 0.3) is 0 Å². The van der Waals surface area contributed by atoms with E-state index in [1.165, 1.54) is 6.92 Å². The number of hydrogen-bond donors (Lipinski definition) is 2. The smallest absolute Gasteiger partial charge is 0.324 e. The monoisotopic (exact) mass is 327 g/mol. The molecule has 0 heterocycles. The normalized spacial score (nSPS) is 10.1. The zero-order valence-electron chi connectivity index (χ0n) is 10.9. The number of rotatable bonds is 5. The van der Waals surface area contributed by atoms with Gasteiger partial charge in [0.15, 0.2) is 0 Å². The molecule has 104 valence electrons. The lowest BCUT2D eigenvalue weighted by atomic mass is 10.1. The van der Waals surface area contributed by atoms with E-state index in [-0.39, 0.29) is 19.0 Å². The average Bonchev–Trinajstić information content (AvgIpc) is 2.35. The second-order valence-electron chi connectivity index (χ2n) is 4.07. The summed E-state index contributed by atoms with van der Waals surface area (Å²) in [5.74, 6) is -0.301. The van der Waals surface area contributed by atoms with Crippen molar-refractivity contribution in [1.82, 2.24) is 10.2 Å². The summed E-state index contributed by atoms with van der Waals surface area (Å²) in [6.45, 7) is 2.32. The van der Waals surface area contributed by atoms with Gasteiger partial charge in [-0.2, -0.15) is 0 Å². The zero-order valence-corrected chi connectivity index (χ0v) is 12.4. The molecule has 0 bridgehead atoms. The molecule has 0 aliphatic heterocycles. The van der Waals surface area contributed by atoms with Crippen LogP contribution in [-0.4, -0.2) is 36.5 Å². The number of urea groups is 1. The maximum Gasteiger partial charge on any atom is 0.324 e. The Balaban J connectivity index is 2.43. The highest BCUT2D eigenvalue weighted by atomic mass is 79.9. The van der Waals surface area contributed by atoms with Gasteiger partial charge in [-0.25, -0.2) is 4.79 Å². The van der Waals surface area contributed by atoms with E-state index in [2.05, 4.69) is 21.2 Å². The van der Waals surface area contributed by atoms with Gasteiger partial charge in [-0.15, -0.1) is 0 Å². The largest absolute Gasteiger partial charge is 0.337 e. The van der Waals surface area contributed by atoms with Gasteiger partial charge < -0.3 is 11.1 Å². The average molecular weight is 328 g/mol. The SMILES string of the molecule is CC(=O)N(CCN)C(=O)NCCc1cccc(Br)c1. The second kappa shape index (κ2) is 7.91. The van der Waals surface area contributed by atoms with Crippen molar-refractivity contribution in [1.29, 1.82) is 0 Å². The van der Waals surface area contributed by atoms with E-state index in [1.54, 1.807) is 0 Å². The molecule has 0 unspecified atom stereocenters. The van der Waals surface area contributed by atoms with Gasteiger partial charge in [-0.05, 0) is 24.1 Å². The van der Waals surface area contributed by atoms with E-state index in [0.717, 1.165) is 14.9 Å². The number of amides is 3. The van der Waals surface area contributed by atoms with E-state index in [9.17, 15) is 9.59 Å². The van der Waals surface area contributed by atoms with Crippen molar-refractivity contribution in [2.24, 2.45) is 5.73 Å². The topological polar surface area (TPSA) is 75.4 Å². The maximum absolute atomic E-state index is 11.8. The van der Waals surface area contributed by atoms with Gasteiger partial charge in [0.25, 0.3) is 0 Å². The molecule has 0 radical (unpaired) electrons. The molecule has 0 spiro atoms. The molecule has 1 aromatic rings. The highest BCUT2D eigenvalue weighted by molar-refractivity contribution is 9.10. The Morgan fingerprint density at radius 3 is 2.74 bits per heavy atom. The Morgan fingerprint density at radius 1 is 1.42 bits per heavy atom. The molecule has 0 saturated carbocycles. The van der Waals surface area contributed by atoms with Crippen LogP contribution in [0.4, 0.5) is 4.79 Å². The number of nitrogens with two attached hydrogens (primary N) is 1. The number of imide groups is 1. The minimum absolute atomic E-state index is 0.234. The van der Waals surface area contributed by atoms with Gasteiger partial charge in [0.2, 0.25) is 5.91 Å². The van der Waals surface area contributed by atoms with Crippen LogP contribution in [0.15, 0.2) is 28.7 Å². The summed E-state index contributed by atoms with van der Waals surface area (Å²) in [6, 6.07) is 7.47. The van der Waals surface area contributed by atoms with Crippen LogP contribution < -0.4 is 11.1 Å².